The molecule has 0 saturated carbocycles. The van der Waals surface area contributed by atoms with Gasteiger partial charge in [-0.3, -0.25) is 4.79 Å². The van der Waals surface area contributed by atoms with E-state index < -0.39 is 5.97 Å². The molecule has 2 heteroatoms. The van der Waals surface area contributed by atoms with E-state index in [1.165, 1.54) is 27.5 Å². The number of carbonyl (C=O) groups is 1. The molecule has 1 aliphatic carbocycles. The molecule has 0 amide bonds. The van der Waals surface area contributed by atoms with Gasteiger partial charge < -0.3 is 5.11 Å². The molecule has 2 aromatic rings. The number of allylic oxidation sites excluding steroid dienone is 2. The summed E-state index contributed by atoms with van der Waals surface area (Å²) in [6.45, 7) is 2.10. The zero-order chi connectivity index (χ0) is 14.1. The molecule has 0 radical (unpaired) electrons. The Labute approximate surface area is 118 Å². The predicted octanol–water partition coefficient (Wildman–Crippen LogP) is 4.42. The van der Waals surface area contributed by atoms with Gasteiger partial charge in [-0.15, -0.1) is 0 Å². The van der Waals surface area contributed by atoms with Gasteiger partial charge in [-0.25, -0.2) is 0 Å². The predicted molar refractivity (Wildman–Crippen MR) is 81.6 cm³/mol. The van der Waals surface area contributed by atoms with Crippen LogP contribution in [-0.4, -0.2) is 11.1 Å². The van der Waals surface area contributed by atoms with Crippen LogP contribution < -0.4 is 0 Å². The first-order valence-corrected chi connectivity index (χ1v) is 7.06. The van der Waals surface area contributed by atoms with Crippen molar-refractivity contribution < 1.29 is 9.90 Å². The second-order valence-electron chi connectivity index (χ2n) is 5.60. The van der Waals surface area contributed by atoms with Gasteiger partial charge in [0.2, 0.25) is 0 Å². The Morgan fingerprint density at radius 2 is 1.90 bits per heavy atom. The van der Waals surface area contributed by atoms with Crippen molar-refractivity contribution in [3.63, 3.8) is 0 Å². The molecule has 2 aromatic carbocycles. The van der Waals surface area contributed by atoms with Crippen molar-refractivity contribution in [2.75, 3.05) is 0 Å². The second-order valence-corrected chi connectivity index (χ2v) is 5.60. The summed E-state index contributed by atoms with van der Waals surface area (Å²) in [6, 6.07) is 13.0. The maximum absolute atomic E-state index is 11.0. The number of rotatable bonds is 2. The van der Waals surface area contributed by atoms with E-state index in [2.05, 4.69) is 49.4 Å². The smallest absolute Gasteiger partial charge is 0.306 e. The van der Waals surface area contributed by atoms with Crippen molar-refractivity contribution >= 4 is 22.3 Å². The SMILES string of the molecule is Cc1ccc2cc(C3=CCC(C(=O)O)CC3)ccc2c1. The Morgan fingerprint density at radius 1 is 1.15 bits per heavy atom. The molecule has 1 aliphatic rings. The van der Waals surface area contributed by atoms with E-state index >= 15 is 0 Å². The van der Waals surface area contributed by atoms with Gasteiger partial charge >= 0.3 is 5.97 Å². The normalized spacial score (nSPS) is 18.9. The van der Waals surface area contributed by atoms with Crippen LogP contribution in [0.3, 0.4) is 0 Å². The lowest BCUT2D eigenvalue weighted by atomic mass is 9.86. The fourth-order valence-electron chi connectivity index (χ4n) is 2.89. The molecule has 1 atom stereocenters. The Morgan fingerprint density at radius 3 is 2.60 bits per heavy atom. The third-order valence-corrected chi connectivity index (χ3v) is 4.13. The molecule has 0 saturated heterocycles. The first kappa shape index (κ1) is 12.9. The topological polar surface area (TPSA) is 37.3 Å². The highest BCUT2D eigenvalue weighted by Gasteiger charge is 2.21. The van der Waals surface area contributed by atoms with Crippen LogP contribution in [0.25, 0.3) is 16.3 Å². The number of aryl methyl sites for hydroxylation is 1. The zero-order valence-corrected chi connectivity index (χ0v) is 11.6. The largest absolute Gasteiger partial charge is 0.481 e. The molecule has 1 unspecified atom stereocenters. The lowest BCUT2D eigenvalue weighted by Crippen LogP contribution is -2.15. The summed E-state index contributed by atoms with van der Waals surface area (Å²) in [6.07, 6.45) is 4.34. The van der Waals surface area contributed by atoms with Gasteiger partial charge in [-0.1, -0.05) is 42.0 Å². The minimum atomic E-state index is -0.672. The first-order valence-electron chi connectivity index (χ1n) is 7.06. The van der Waals surface area contributed by atoms with Crippen molar-refractivity contribution in [3.8, 4) is 0 Å². The number of benzene rings is 2. The molecule has 0 bridgehead atoms. The van der Waals surface area contributed by atoms with Crippen LogP contribution in [0.15, 0.2) is 42.5 Å². The fourth-order valence-corrected chi connectivity index (χ4v) is 2.89. The molecule has 102 valence electrons. The zero-order valence-electron chi connectivity index (χ0n) is 11.6. The number of aliphatic carboxylic acids is 1. The summed E-state index contributed by atoms with van der Waals surface area (Å²) in [7, 11) is 0. The van der Waals surface area contributed by atoms with Crippen LogP contribution in [0.4, 0.5) is 0 Å². The minimum Gasteiger partial charge on any atom is -0.481 e. The van der Waals surface area contributed by atoms with Crippen LogP contribution in [0.5, 0.6) is 0 Å². The van der Waals surface area contributed by atoms with Crippen LogP contribution in [0.2, 0.25) is 0 Å². The highest BCUT2D eigenvalue weighted by Crippen LogP contribution is 2.31. The molecule has 1 N–H and O–H groups in total. The average Bonchev–Trinajstić information content (AvgIpc) is 2.47. The van der Waals surface area contributed by atoms with Crippen molar-refractivity contribution in [2.24, 2.45) is 5.92 Å². The summed E-state index contributed by atoms with van der Waals surface area (Å²) in [5.41, 5.74) is 3.78. The molecule has 3 rings (SSSR count). The van der Waals surface area contributed by atoms with Crippen LogP contribution in [0.1, 0.15) is 30.4 Å². The minimum absolute atomic E-state index is 0.207. The van der Waals surface area contributed by atoms with Gasteiger partial charge in [0.1, 0.15) is 0 Å². The molecular formula is C18H18O2. The van der Waals surface area contributed by atoms with E-state index in [9.17, 15) is 4.79 Å². The highest BCUT2D eigenvalue weighted by molar-refractivity contribution is 5.87. The molecule has 0 fully saturated rings. The van der Waals surface area contributed by atoms with Crippen molar-refractivity contribution in [1.82, 2.24) is 0 Å². The second kappa shape index (κ2) is 5.12. The molecule has 20 heavy (non-hydrogen) atoms. The lowest BCUT2D eigenvalue weighted by Gasteiger charge is -2.19. The summed E-state index contributed by atoms with van der Waals surface area (Å²) in [4.78, 5) is 11.0. The van der Waals surface area contributed by atoms with Crippen molar-refractivity contribution in [2.45, 2.75) is 26.2 Å². The van der Waals surface area contributed by atoms with E-state index in [0.717, 1.165) is 12.8 Å². The summed E-state index contributed by atoms with van der Waals surface area (Å²) < 4.78 is 0. The molecular weight excluding hydrogens is 248 g/mol. The summed E-state index contributed by atoms with van der Waals surface area (Å²) in [5, 5.41) is 11.5. The van der Waals surface area contributed by atoms with Crippen LogP contribution in [-0.2, 0) is 4.79 Å². The lowest BCUT2D eigenvalue weighted by molar-refractivity contribution is -0.141. The van der Waals surface area contributed by atoms with Gasteiger partial charge in [0.25, 0.3) is 0 Å². The highest BCUT2D eigenvalue weighted by atomic mass is 16.4. The first-order chi connectivity index (χ1) is 9.63. The van der Waals surface area contributed by atoms with E-state index in [1.807, 2.05) is 0 Å². The van der Waals surface area contributed by atoms with Crippen molar-refractivity contribution in [3.05, 3.63) is 53.6 Å². The monoisotopic (exact) mass is 266 g/mol. The van der Waals surface area contributed by atoms with Gasteiger partial charge in [-0.2, -0.15) is 0 Å². The number of hydrogen-bond donors (Lipinski definition) is 1. The molecule has 0 aliphatic heterocycles. The Hall–Kier alpha value is -2.09. The number of fused-ring (bicyclic) bond motifs is 1. The summed E-state index contributed by atoms with van der Waals surface area (Å²) >= 11 is 0. The Balaban J connectivity index is 1.91. The maximum Gasteiger partial charge on any atom is 0.306 e. The van der Waals surface area contributed by atoms with E-state index in [0.29, 0.717) is 6.42 Å². The van der Waals surface area contributed by atoms with Crippen LogP contribution >= 0.6 is 0 Å². The Bertz CT molecular complexity index is 698. The standard InChI is InChI=1S/C18H18O2/c1-12-2-3-17-11-16(9-8-15(17)10-12)13-4-6-14(7-5-13)18(19)20/h2-4,8-11,14H,5-7H2,1H3,(H,19,20). The fraction of sp³-hybridized carbons (Fsp3) is 0.278. The third kappa shape index (κ3) is 2.46. The van der Waals surface area contributed by atoms with E-state index in [-0.39, 0.29) is 5.92 Å². The van der Waals surface area contributed by atoms with E-state index in [1.54, 1.807) is 0 Å². The quantitative estimate of drug-likeness (QED) is 0.873. The molecule has 0 spiro atoms. The summed E-state index contributed by atoms with van der Waals surface area (Å²) in [5.74, 6) is -0.879. The number of hydrogen-bond acceptors (Lipinski definition) is 1. The van der Waals surface area contributed by atoms with Gasteiger partial charge in [0, 0.05) is 0 Å². The number of carboxylic acid groups (broad SMARTS) is 1. The maximum atomic E-state index is 11.0. The van der Waals surface area contributed by atoms with Crippen LogP contribution in [0, 0.1) is 12.8 Å². The number of carboxylic acids is 1. The molecule has 2 nitrogen and oxygen atoms in total. The third-order valence-electron chi connectivity index (χ3n) is 4.13. The Kier molecular flexibility index (Phi) is 3.31. The molecule has 0 aromatic heterocycles. The van der Waals surface area contributed by atoms with Gasteiger partial charge in [0.05, 0.1) is 5.92 Å². The molecule has 0 heterocycles. The van der Waals surface area contributed by atoms with E-state index in [4.69, 9.17) is 5.11 Å². The van der Waals surface area contributed by atoms with Crippen molar-refractivity contribution in [1.29, 1.82) is 0 Å². The van der Waals surface area contributed by atoms with Gasteiger partial charge in [-0.05, 0) is 54.2 Å². The average molecular weight is 266 g/mol. The van der Waals surface area contributed by atoms with Gasteiger partial charge in [0.15, 0.2) is 0 Å².